The zero-order chi connectivity index (χ0) is 14.0. The van der Waals surface area contributed by atoms with E-state index >= 15 is 0 Å². The van der Waals surface area contributed by atoms with Crippen LogP contribution in [0.3, 0.4) is 0 Å². The van der Waals surface area contributed by atoms with Gasteiger partial charge in [-0.1, -0.05) is 0 Å². The molecule has 5 atom stereocenters. The molecule has 0 aromatic carbocycles. The van der Waals surface area contributed by atoms with Crippen LogP contribution in [0.4, 0.5) is 8.78 Å². The van der Waals surface area contributed by atoms with Crippen molar-refractivity contribution in [2.45, 2.75) is 37.0 Å². The van der Waals surface area contributed by atoms with Crippen molar-refractivity contribution < 1.29 is 30.9 Å². The molecule has 0 aromatic heterocycles. The first-order valence-electron chi connectivity index (χ1n) is 6.17. The molecular weight excluding hydrogens is 282 g/mol. The van der Waals surface area contributed by atoms with Crippen molar-refractivity contribution in [1.29, 1.82) is 0 Å². The van der Waals surface area contributed by atoms with E-state index in [1.165, 1.54) is 0 Å². The van der Waals surface area contributed by atoms with E-state index in [0.717, 1.165) is 0 Å². The van der Waals surface area contributed by atoms with Crippen molar-refractivity contribution in [3.8, 4) is 0 Å². The van der Waals surface area contributed by atoms with Crippen molar-refractivity contribution in [1.82, 2.24) is 0 Å². The van der Waals surface area contributed by atoms with Crippen molar-refractivity contribution >= 4 is 16.1 Å². The summed E-state index contributed by atoms with van der Waals surface area (Å²) >= 11 is 0. The van der Waals surface area contributed by atoms with Crippen LogP contribution in [0.1, 0.15) is 19.8 Å². The van der Waals surface area contributed by atoms with E-state index in [4.69, 9.17) is 4.18 Å². The highest BCUT2D eigenvalue weighted by atomic mass is 32.2. The molecule has 0 radical (unpaired) electrons. The maximum Gasteiger partial charge on any atom is 0.376 e. The first kappa shape index (κ1) is 13.2. The molecule has 3 fully saturated rings. The van der Waals surface area contributed by atoms with Crippen LogP contribution in [-0.4, -0.2) is 38.3 Å². The van der Waals surface area contributed by atoms with Crippen LogP contribution in [0.25, 0.3) is 0 Å². The van der Waals surface area contributed by atoms with Gasteiger partial charge in [-0.15, -0.1) is 0 Å². The number of halogens is 2. The number of esters is 1. The molecule has 1 saturated heterocycles. The lowest BCUT2D eigenvalue weighted by molar-refractivity contribution is -0.171. The van der Waals surface area contributed by atoms with Gasteiger partial charge in [0, 0.05) is 18.8 Å². The molecular formula is C11H14F2O5S. The molecule has 2 saturated carbocycles. The Hall–Kier alpha value is -0.760. The normalized spacial score (nSPS) is 42.6. The molecule has 0 spiro atoms. The smallest absolute Gasteiger partial charge is 0.376 e. The minimum atomic E-state index is -3.64. The van der Waals surface area contributed by atoms with Crippen LogP contribution in [0.15, 0.2) is 0 Å². The first-order valence-corrected chi connectivity index (χ1v) is 7.64. The molecule has 3 rings (SSSR count). The van der Waals surface area contributed by atoms with Crippen molar-refractivity contribution in [2.75, 3.05) is 6.61 Å². The first-order chi connectivity index (χ1) is 8.70. The van der Waals surface area contributed by atoms with E-state index < -0.39 is 33.2 Å². The summed E-state index contributed by atoms with van der Waals surface area (Å²) in [4.78, 5) is 11.0. The number of hydrogen-bond acceptors (Lipinski definition) is 5. The second-order valence-electron chi connectivity index (χ2n) is 5.64. The van der Waals surface area contributed by atoms with Gasteiger partial charge in [-0.25, -0.2) is 4.79 Å². The van der Waals surface area contributed by atoms with E-state index in [2.05, 4.69) is 4.74 Å². The highest BCUT2D eigenvalue weighted by Crippen LogP contribution is 2.57. The zero-order valence-electron chi connectivity index (χ0n) is 10.2. The van der Waals surface area contributed by atoms with E-state index in [0.29, 0.717) is 19.8 Å². The van der Waals surface area contributed by atoms with E-state index in [1.54, 1.807) is 0 Å². The standard InChI is InChI=1S/C11H14F2O5S/c1-11(12,13)10(14)17-4-7-5-2-6-8(3-5)18-19(15,16)9(6)7/h5-9H,2-4H2,1H3. The van der Waals surface area contributed by atoms with Crippen LogP contribution >= 0.6 is 0 Å². The molecule has 0 aromatic rings. The van der Waals surface area contributed by atoms with Gasteiger partial charge in [0.15, 0.2) is 0 Å². The van der Waals surface area contributed by atoms with Gasteiger partial charge >= 0.3 is 11.9 Å². The maximum absolute atomic E-state index is 12.7. The number of carbonyl (C=O) groups excluding carboxylic acids is 1. The highest BCUT2D eigenvalue weighted by molar-refractivity contribution is 7.87. The quantitative estimate of drug-likeness (QED) is 0.572. The number of ether oxygens (including phenoxy) is 1. The third-order valence-electron chi connectivity index (χ3n) is 4.39. The summed E-state index contributed by atoms with van der Waals surface area (Å²) in [5.74, 6) is -5.56. The summed E-state index contributed by atoms with van der Waals surface area (Å²) in [5.41, 5.74) is 0. The summed E-state index contributed by atoms with van der Waals surface area (Å²) in [6, 6.07) is 0. The molecule has 0 N–H and O–H groups in total. The second kappa shape index (κ2) is 3.88. The topological polar surface area (TPSA) is 69.7 Å². The summed E-state index contributed by atoms with van der Waals surface area (Å²) in [7, 11) is -3.64. The monoisotopic (exact) mass is 296 g/mol. The molecule has 2 bridgehead atoms. The van der Waals surface area contributed by atoms with Crippen molar-refractivity contribution in [3.63, 3.8) is 0 Å². The highest BCUT2D eigenvalue weighted by Gasteiger charge is 2.64. The Morgan fingerprint density at radius 2 is 2.11 bits per heavy atom. The number of fused-ring (bicyclic) bond motifs is 1. The fourth-order valence-electron chi connectivity index (χ4n) is 3.66. The number of carbonyl (C=O) groups is 1. The predicted octanol–water partition coefficient (Wildman–Crippen LogP) is 0.938. The number of hydrogen-bond donors (Lipinski definition) is 0. The molecule has 1 aliphatic heterocycles. The number of rotatable bonds is 3. The average molecular weight is 296 g/mol. The Labute approximate surface area is 109 Å². The van der Waals surface area contributed by atoms with E-state index in [-0.39, 0.29) is 24.5 Å². The minimum Gasteiger partial charge on any atom is -0.461 e. The summed E-state index contributed by atoms with van der Waals surface area (Å²) in [6.45, 7) is 0.186. The Balaban J connectivity index is 1.72. The van der Waals surface area contributed by atoms with Crippen molar-refractivity contribution in [3.05, 3.63) is 0 Å². The van der Waals surface area contributed by atoms with Gasteiger partial charge in [-0.05, 0) is 18.8 Å². The van der Waals surface area contributed by atoms with Gasteiger partial charge in [-0.3, -0.25) is 4.18 Å². The van der Waals surface area contributed by atoms with Crippen LogP contribution in [0.5, 0.6) is 0 Å². The molecule has 0 amide bonds. The molecule has 8 heteroatoms. The third kappa shape index (κ3) is 1.96. The lowest BCUT2D eigenvalue weighted by atomic mass is 9.87. The van der Waals surface area contributed by atoms with Gasteiger partial charge in [-0.2, -0.15) is 17.2 Å². The lowest BCUT2D eigenvalue weighted by Gasteiger charge is -2.24. The van der Waals surface area contributed by atoms with Gasteiger partial charge in [0.1, 0.15) is 0 Å². The fourth-order valence-corrected chi connectivity index (χ4v) is 5.79. The van der Waals surface area contributed by atoms with Gasteiger partial charge in [0.2, 0.25) is 0 Å². The SMILES string of the molecule is CC(F)(F)C(=O)OCC1C2CC3OS(=O)(=O)C1C3C2. The molecule has 5 unspecified atom stereocenters. The third-order valence-corrected chi connectivity index (χ3v) is 6.27. The van der Waals surface area contributed by atoms with Crippen LogP contribution in [0, 0.1) is 17.8 Å². The molecule has 19 heavy (non-hydrogen) atoms. The molecule has 5 nitrogen and oxygen atoms in total. The molecule has 108 valence electrons. The maximum atomic E-state index is 12.7. The average Bonchev–Trinajstić information content (AvgIpc) is 2.83. The summed E-state index contributed by atoms with van der Waals surface area (Å²) < 4.78 is 58.6. The second-order valence-corrected chi connectivity index (χ2v) is 7.36. The molecule has 1 heterocycles. The Bertz CT molecular complexity index is 510. The van der Waals surface area contributed by atoms with Crippen LogP contribution in [-0.2, 0) is 23.8 Å². The minimum absolute atomic E-state index is 0.0687. The molecule has 3 aliphatic rings. The summed E-state index contributed by atoms with van der Waals surface area (Å²) in [5, 5.41) is -0.700. The lowest BCUT2D eigenvalue weighted by Crippen LogP contribution is -2.37. The molecule has 2 aliphatic carbocycles. The largest absolute Gasteiger partial charge is 0.461 e. The summed E-state index contributed by atoms with van der Waals surface area (Å²) in [6.07, 6.45) is 1.05. The Morgan fingerprint density at radius 3 is 2.74 bits per heavy atom. The Kier molecular flexibility index (Phi) is 2.70. The van der Waals surface area contributed by atoms with Gasteiger partial charge in [0.05, 0.1) is 18.0 Å². The zero-order valence-corrected chi connectivity index (χ0v) is 11.0. The Morgan fingerprint density at radius 1 is 1.42 bits per heavy atom. The van der Waals surface area contributed by atoms with Crippen molar-refractivity contribution in [2.24, 2.45) is 17.8 Å². The fraction of sp³-hybridized carbons (Fsp3) is 0.909. The predicted molar refractivity (Wildman–Crippen MR) is 58.9 cm³/mol. The van der Waals surface area contributed by atoms with Gasteiger partial charge < -0.3 is 4.74 Å². The number of alkyl halides is 2. The van der Waals surface area contributed by atoms with Crippen LogP contribution in [0.2, 0.25) is 0 Å². The van der Waals surface area contributed by atoms with E-state index in [1.807, 2.05) is 0 Å². The van der Waals surface area contributed by atoms with Crippen LogP contribution < -0.4 is 0 Å². The van der Waals surface area contributed by atoms with E-state index in [9.17, 15) is 22.0 Å². The van der Waals surface area contributed by atoms with Gasteiger partial charge in [0.25, 0.3) is 10.1 Å².